The van der Waals surface area contributed by atoms with Crippen molar-refractivity contribution in [1.82, 2.24) is 4.90 Å². The van der Waals surface area contributed by atoms with E-state index in [0.29, 0.717) is 17.8 Å². The number of likely N-dealkylation sites (N-methyl/N-ethyl adjacent to an activating group) is 1. The Morgan fingerprint density at radius 1 is 1.47 bits per heavy atom. The van der Waals surface area contributed by atoms with Gasteiger partial charge in [-0.05, 0) is 26.2 Å². The minimum atomic E-state index is -0.123. The van der Waals surface area contributed by atoms with Crippen molar-refractivity contribution in [3.8, 4) is 6.07 Å². The lowest BCUT2D eigenvalue weighted by Crippen LogP contribution is -2.27. The monoisotopic (exact) mass is 203 g/mol. The van der Waals surface area contributed by atoms with E-state index in [1.54, 1.807) is 29.2 Å². The molecule has 1 amide bonds. The summed E-state index contributed by atoms with van der Waals surface area (Å²) in [7, 11) is 3.63. The predicted molar refractivity (Wildman–Crippen MR) is 58.3 cm³/mol. The smallest absolute Gasteiger partial charge is 0.238 e. The zero-order chi connectivity index (χ0) is 11.3. The Hall–Kier alpha value is -1.86. The molecule has 0 aliphatic carbocycles. The van der Waals surface area contributed by atoms with Gasteiger partial charge in [0.15, 0.2) is 0 Å². The molecule has 1 aromatic carbocycles. The summed E-state index contributed by atoms with van der Waals surface area (Å²) in [6.07, 6.45) is 0. The Labute approximate surface area is 89.1 Å². The summed E-state index contributed by atoms with van der Waals surface area (Å²) >= 11 is 0. The van der Waals surface area contributed by atoms with Crippen molar-refractivity contribution in [3.63, 3.8) is 0 Å². The Kier molecular flexibility index (Phi) is 3.83. The minimum Gasteiger partial charge on any atom is -0.324 e. The van der Waals surface area contributed by atoms with Crippen LogP contribution in [0.5, 0.6) is 0 Å². The second kappa shape index (κ2) is 5.13. The number of anilines is 1. The first-order valence-electron chi connectivity index (χ1n) is 4.57. The maximum atomic E-state index is 11.4. The molecule has 1 aromatic rings. The SMILES string of the molecule is CN(C)CC(=O)Nc1ccccc1C#N. The molecule has 0 aliphatic rings. The summed E-state index contributed by atoms with van der Waals surface area (Å²) in [4.78, 5) is 13.2. The van der Waals surface area contributed by atoms with E-state index in [2.05, 4.69) is 5.32 Å². The topological polar surface area (TPSA) is 56.1 Å². The standard InChI is InChI=1S/C11H13N3O/c1-14(2)8-11(15)13-10-6-4-3-5-9(10)7-12/h3-6H,8H2,1-2H3,(H,13,15). The van der Waals surface area contributed by atoms with Gasteiger partial charge in [-0.1, -0.05) is 12.1 Å². The summed E-state index contributed by atoms with van der Waals surface area (Å²) in [6, 6.07) is 8.96. The number of nitriles is 1. The summed E-state index contributed by atoms with van der Waals surface area (Å²) in [6.45, 7) is 0.305. The summed E-state index contributed by atoms with van der Waals surface area (Å²) < 4.78 is 0. The van der Waals surface area contributed by atoms with Crippen LogP contribution in [0.2, 0.25) is 0 Å². The molecular formula is C11H13N3O. The van der Waals surface area contributed by atoms with Crippen molar-refractivity contribution in [2.45, 2.75) is 0 Å². The van der Waals surface area contributed by atoms with Gasteiger partial charge in [-0.25, -0.2) is 0 Å². The van der Waals surface area contributed by atoms with Crippen LogP contribution in [0.25, 0.3) is 0 Å². The van der Waals surface area contributed by atoms with Crippen molar-refractivity contribution >= 4 is 11.6 Å². The third-order valence-corrected chi connectivity index (χ3v) is 1.78. The van der Waals surface area contributed by atoms with Crippen molar-refractivity contribution in [2.75, 3.05) is 26.0 Å². The number of carbonyl (C=O) groups is 1. The minimum absolute atomic E-state index is 0.123. The fraction of sp³-hybridized carbons (Fsp3) is 0.273. The molecule has 4 heteroatoms. The van der Waals surface area contributed by atoms with Crippen LogP contribution in [-0.2, 0) is 4.79 Å². The number of amides is 1. The van der Waals surface area contributed by atoms with E-state index in [9.17, 15) is 4.79 Å². The van der Waals surface area contributed by atoms with Crippen LogP contribution >= 0.6 is 0 Å². The van der Waals surface area contributed by atoms with Gasteiger partial charge in [0.2, 0.25) is 5.91 Å². The zero-order valence-electron chi connectivity index (χ0n) is 8.82. The number of rotatable bonds is 3. The zero-order valence-corrected chi connectivity index (χ0v) is 8.82. The fourth-order valence-electron chi connectivity index (χ4n) is 1.17. The van der Waals surface area contributed by atoms with Crippen LogP contribution in [0, 0.1) is 11.3 Å². The van der Waals surface area contributed by atoms with E-state index in [-0.39, 0.29) is 5.91 Å². The Morgan fingerprint density at radius 3 is 2.73 bits per heavy atom. The van der Waals surface area contributed by atoms with Gasteiger partial charge in [0, 0.05) is 0 Å². The highest BCUT2D eigenvalue weighted by molar-refractivity contribution is 5.93. The molecule has 1 rings (SSSR count). The van der Waals surface area contributed by atoms with Crippen molar-refractivity contribution < 1.29 is 4.79 Å². The Morgan fingerprint density at radius 2 is 2.13 bits per heavy atom. The molecule has 0 aromatic heterocycles. The predicted octanol–water partition coefficient (Wildman–Crippen LogP) is 1.06. The molecule has 0 radical (unpaired) electrons. The lowest BCUT2D eigenvalue weighted by Gasteiger charge is -2.10. The van der Waals surface area contributed by atoms with Gasteiger partial charge in [0.1, 0.15) is 6.07 Å². The third kappa shape index (κ3) is 3.41. The van der Waals surface area contributed by atoms with Gasteiger partial charge in [-0.3, -0.25) is 4.79 Å². The molecule has 0 spiro atoms. The Balaban J connectivity index is 2.73. The number of nitrogens with one attached hydrogen (secondary N) is 1. The molecule has 4 nitrogen and oxygen atoms in total. The first kappa shape index (κ1) is 11.2. The van der Waals surface area contributed by atoms with Gasteiger partial charge >= 0.3 is 0 Å². The van der Waals surface area contributed by atoms with E-state index in [1.807, 2.05) is 20.2 Å². The quantitative estimate of drug-likeness (QED) is 0.799. The lowest BCUT2D eigenvalue weighted by molar-refractivity contribution is -0.116. The normalized spacial score (nSPS) is 9.73. The van der Waals surface area contributed by atoms with Crippen LogP contribution in [0.3, 0.4) is 0 Å². The molecule has 0 fully saturated rings. The molecule has 0 bridgehead atoms. The summed E-state index contributed by atoms with van der Waals surface area (Å²) in [5.74, 6) is -0.123. The van der Waals surface area contributed by atoms with Crippen molar-refractivity contribution in [3.05, 3.63) is 29.8 Å². The number of nitrogens with zero attached hydrogens (tertiary/aromatic N) is 2. The average molecular weight is 203 g/mol. The number of carbonyl (C=O) groups excluding carboxylic acids is 1. The van der Waals surface area contributed by atoms with Gasteiger partial charge < -0.3 is 10.2 Å². The van der Waals surface area contributed by atoms with E-state index < -0.39 is 0 Å². The molecule has 15 heavy (non-hydrogen) atoms. The first-order valence-corrected chi connectivity index (χ1v) is 4.57. The van der Waals surface area contributed by atoms with E-state index in [0.717, 1.165) is 0 Å². The van der Waals surface area contributed by atoms with E-state index in [1.165, 1.54) is 0 Å². The van der Waals surface area contributed by atoms with Crippen LogP contribution in [0.15, 0.2) is 24.3 Å². The van der Waals surface area contributed by atoms with E-state index >= 15 is 0 Å². The highest BCUT2D eigenvalue weighted by Crippen LogP contribution is 2.12. The second-order valence-corrected chi connectivity index (χ2v) is 3.44. The molecule has 0 heterocycles. The summed E-state index contributed by atoms with van der Waals surface area (Å²) in [5, 5.41) is 11.5. The molecule has 1 N–H and O–H groups in total. The molecule has 0 unspecified atom stereocenters. The number of hydrogen-bond acceptors (Lipinski definition) is 3. The number of benzene rings is 1. The first-order chi connectivity index (χ1) is 7.13. The number of hydrogen-bond donors (Lipinski definition) is 1. The summed E-state index contributed by atoms with van der Waals surface area (Å²) in [5.41, 5.74) is 1.04. The number of para-hydroxylation sites is 1. The van der Waals surface area contributed by atoms with Gasteiger partial charge in [0.25, 0.3) is 0 Å². The highest BCUT2D eigenvalue weighted by Gasteiger charge is 2.06. The van der Waals surface area contributed by atoms with Gasteiger partial charge in [0.05, 0.1) is 17.8 Å². The van der Waals surface area contributed by atoms with Crippen LogP contribution in [0.1, 0.15) is 5.56 Å². The van der Waals surface area contributed by atoms with Crippen LogP contribution in [-0.4, -0.2) is 31.4 Å². The highest BCUT2D eigenvalue weighted by atomic mass is 16.2. The van der Waals surface area contributed by atoms with Crippen LogP contribution in [0.4, 0.5) is 5.69 Å². The second-order valence-electron chi connectivity index (χ2n) is 3.44. The molecule has 0 aliphatic heterocycles. The van der Waals surface area contributed by atoms with Gasteiger partial charge in [-0.2, -0.15) is 5.26 Å². The molecular weight excluding hydrogens is 190 g/mol. The Bertz CT molecular complexity index is 393. The molecule has 0 saturated carbocycles. The third-order valence-electron chi connectivity index (χ3n) is 1.78. The average Bonchev–Trinajstić information content (AvgIpc) is 2.17. The maximum absolute atomic E-state index is 11.4. The van der Waals surface area contributed by atoms with Crippen molar-refractivity contribution in [1.29, 1.82) is 5.26 Å². The van der Waals surface area contributed by atoms with Gasteiger partial charge in [-0.15, -0.1) is 0 Å². The van der Waals surface area contributed by atoms with Crippen LogP contribution < -0.4 is 5.32 Å². The van der Waals surface area contributed by atoms with E-state index in [4.69, 9.17) is 5.26 Å². The molecule has 0 atom stereocenters. The van der Waals surface area contributed by atoms with Crippen molar-refractivity contribution in [2.24, 2.45) is 0 Å². The maximum Gasteiger partial charge on any atom is 0.238 e. The fourth-order valence-corrected chi connectivity index (χ4v) is 1.17. The largest absolute Gasteiger partial charge is 0.324 e. The molecule has 0 saturated heterocycles. The lowest BCUT2D eigenvalue weighted by atomic mass is 10.2. The molecule has 78 valence electrons.